The summed E-state index contributed by atoms with van der Waals surface area (Å²) < 4.78 is 5.64. The molecule has 4 rings (SSSR count). The first-order chi connectivity index (χ1) is 13.7. The standard InChI is InChI=1S/C22H14ClN3O2/c23-18-6-2-1-5-17(18)22-19(21(27)16-4-3-11-25-13-16)20(26-28-22)15-9-7-14(12-24)8-10-15/h1-11,13,21,27H. The molecule has 28 heavy (non-hydrogen) atoms. The summed E-state index contributed by atoms with van der Waals surface area (Å²) in [5.74, 6) is 0.390. The first-order valence-corrected chi connectivity index (χ1v) is 8.90. The lowest BCUT2D eigenvalue weighted by molar-refractivity contribution is 0.220. The van der Waals surface area contributed by atoms with E-state index < -0.39 is 6.10 Å². The van der Waals surface area contributed by atoms with Gasteiger partial charge in [-0.25, -0.2) is 0 Å². The molecule has 0 amide bonds. The Morgan fingerprint density at radius 2 is 1.82 bits per heavy atom. The van der Waals surface area contributed by atoms with Crippen molar-refractivity contribution >= 4 is 11.6 Å². The molecule has 0 aliphatic rings. The van der Waals surface area contributed by atoms with Crippen molar-refractivity contribution in [2.45, 2.75) is 6.10 Å². The highest BCUT2D eigenvalue weighted by Gasteiger charge is 2.27. The van der Waals surface area contributed by atoms with Crippen LogP contribution in [0.15, 0.2) is 77.6 Å². The fourth-order valence-electron chi connectivity index (χ4n) is 3.01. The molecule has 0 saturated carbocycles. The molecule has 136 valence electrons. The number of aromatic nitrogens is 2. The Hall–Kier alpha value is -3.46. The van der Waals surface area contributed by atoms with Crippen LogP contribution in [-0.2, 0) is 0 Å². The number of aliphatic hydroxyl groups excluding tert-OH is 1. The van der Waals surface area contributed by atoms with Gasteiger partial charge in [-0.05, 0) is 30.3 Å². The third-order valence-corrected chi connectivity index (χ3v) is 4.74. The first kappa shape index (κ1) is 17.9. The molecule has 6 heteroatoms. The van der Waals surface area contributed by atoms with E-state index in [1.807, 2.05) is 18.2 Å². The highest BCUT2D eigenvalue weighted by molar-refractivity contribution is 6.33. The van der Waals surface area contributed by atoms with E-state index in [2.05, 4.69) is 16.2 Å². The average molecular weight is 388 g/mol. The maximum absolute atomic E-state index is 11.1. The quantitative estimate of drug-likeness (QED) is 0.532. The molecular weight excluding hydrogens is 374 g/mol. The molecule has 0 fully saturated rings. The molecule has 5 nitrogen and oxygen atoms in total. The predicted molar refractivity (Wildman–Crippen MR) is 105 cm³/mol. The number of hydrogen-bond donors (Lipinski definition) is 1. The molecule has 1 N–H and O–H groups in total. The summed E-state index contributed by atoms with van der Waals surface area (Å²) in [6, 6.07) is 19.8. The van der Waals surface area contributed by atoms with E-state index in [0.29, 0.717) is 38.7 Å². The van der Waals surface area contributed by atoms with E-state index in [0.717, 1.165) is 5.56 Å². The topological polar surface area (TPSA) is 82.9 Å². The Morgan fingerprint density at radius 3 is 2.50 bits per heavy atom. The van der Waals surface area contributed by atoms with E-state index in [-0.39, 0.29) is 0 Å². The molecule has 0 spiro atoms. The lowest BCUT2D eigenvalue weighted by atomic mass is 9.94. The largest absolute Gasteiger partial charge is 0.383 e. The smallest absolute Gasteiger partial charge is 0.175 e. The Morgan fingerprint density at radius 1 is 1.04 bits per heavy atom. The molecule has 0 aliphatic heterocycles. The minimum Gasteiger partial charge on any atom is -0.383 e. The van der Waals surface area contributed by atoms with Gasteiger partial charge in [-0.1, -0.05) is 47.1 Å². The van der Waals surface area contributed by atoms with Crippen LogP contribution in [0.2, 0.25) is 5.02 Å². The third kappa shape index (κ3) is 3.27. The van der Waals surface area contributed by atoms with Gasteiger partial charge in [0.15, 0.2) is 5.76 Å². The second-order valence-corrected chi connectivity index (χ2v) is 6.54. The summed E-state index contributed by atoms with van der Waals surface area (Å²) >= 11 is 6.36. The SMILES string of the molecule is N#Cc1ccc(-c2noc(-c3ccccc3Cl)c2C(O)c2cccnc2)cc1. The monoisotopic (exact) mass is 387 g/mol. The van der Waals surface area contributed by atoms with Gasteiger partial charge in [0.25, 0.3) is 0 Å². The fraction of sp³-hybridized carbons (Fsp3) is 0.0455. The van der Waals surface area contributed by atoms with Crippen molar-refractivity contribution in [3.05, 3.63) is 94.8 Å². The van der Waals surface area contributed by atoms with Gasteiger partial charge < -0.3 is 9.63 Å². The number of nitrogens with zero attached hydrogens (tertiary/aromatic N) is 3. The van der Waals surface area contributed by atoms with Crippen LogP contribution >= 0.6 is 11.6 Å². The molecular formula is C22H14ClN3O2. The van der Waals surface area contributed by atoms with Gasteiger partial charge in [0, 0.05) is 29.1 Å². The van der Waals surface area contributed by atoms with Gasteiger partial charge in [0.1, 0.15) is 11.8 Å². The number of halogens is 1. The van der Waals surface area contributed by atoms with E-state index in [1.54, 1.807) is 54.9 Å². The molecule has 2 aromatic carbocycles. The Kier molecular flexibility index (Phi) is 4.90. The lowest BCUT2D eigenvalue weighted by Gasteiger charge is -2.13. The van der Waals surface area contributed by atoms with Gasteiger partial charge in [0.2, 0.25) is 0 Å². The number of rotatable bonds is 4. The Labute approximate surface area is 166 Å². The minimum atomic E-state index is -1.02. The number of aliphatic hydroxyl groups is 1. The van der Waals surface area contributed by atoms with Crippen molar-refractivity contribution in [2.75, 3.05) is 0 Å². The zero-order valence-corrected chi connectivity index (χ0v) is 15.3. The second kappa shape index (κ2) is 7.65. The average Bonchev–Trinajstić information content (AvgIpc) is 3.19. The number of benzene rings is 2. The van der Waals surface area contributed by atoms with Crippen LogP contribution in [0.3, 0.4) is 0 Å². The van der Waals surface area contributed by atoms with Gasteiger partial charge >= 0.3 is 0 Å². The van der Waals surface area contributed by atoms with E-state index in [9.17, 15) is 5.11 Å². The maximum Gasteiger partial charge on any atom is 0.175 e. The highest BCUT2D eigenvalue weighted by atomic mass is 35.5. The Balaban J connectivity index is 1.92. The number of nitriles is 1. The molecule has 0 saturated heterocycles. The normalized spacial score (nSPS) is 11.8. The molecule has 0 aliphatic carbocycles. The first-order valence-electron chi connectivity index (χ1n) is 8.52. The summed E-state index contributed by atoms with van der Waals surface area (Å²) in [6.07, 6.45) is 2.22. The summed E-state index contributed by atoms with van der Waals surface area (Å²) in [6.45, 7) is 0. The van der Waals surface area contributed by atoms with E-state index >= 15 is 0 Å². The van der Waals surface area contributed by atoms with Crippen molar-refractivity contribution in [1.29, 1.82) is 5.26 Å². The van der Waals surface area contributed by atoms with E-state index in [1.165, 1.54) is 0 Å². The van der Waals surface area contributed by atoms with Crippen LogP contribution in [0.1, 0.15) is 22.8 Å². The third-order valence-electron chi connectivity index (χ3n) is 4.41. The molecule has 4 aromatic rings. The zero-order chi connectivity index (χ0) is 19.5. The van der Waals surface area contributed by atoms with Crippen LogP contribution in [0.4, 0.5) is 0 Å². The molecule has 2 aromatic heterocycles. The summed E-state index contributed by atoms with van der Waals surface area (Å²) in [5.41, 5.74) is 3.47. The molecule has 1 atom stereocenters. The lowest BCUT2D eigenvalue weighted by Crippen LogP contribution is -2.02. The van der Waals surface area contributed by atoms with Crippen LogP contribution in [0.25, 0.3) is 22.6 Å². The van der Waals surface area contributed by atoms with E-state index in [4.69, 9.17) is 21.4 Å². The minimum absolute atomic E-state index is 0.390. The van der Waals surface area contributed by atoms with Crippen molar-refractivity contribution in [3.63, 3.8) is 0 Å². The number of pyridine rings is 1. The van der Waals surface area contributed by atoms with Crippen LogP contribution in [-0.4, -0.2) is 15.2 Å². The van der Waals surface area contributed by atoms with Gasteiger partial charge in [-0.3, -0.25) is 4.98 Å². The summed E-state index contributed by atoms with van der Waals surface area (Å²) in [5, 5.41) is 24.8. The van der Waals surface area contributed by atoms with Gasteiger partial charge in [-0.2, -0.15) is 5.26 Å². The van der Waals surface area contributed by atoms with Crippen LogP contribution < -0.4 is 0 Å². The number of hydrogen-bond acceptors (Lipinski definition) is 5. The summed E-state index contributed by atoms with van der Waals surface area (Å²) in [7, 11) is 0. The Bertz CT molecular complexity index is 1150. The van der Waals surface area contributed by atoms with Gasteiger partial charge in [0.05, 0.1) is 22.2 Å². The van der Waals surface area contributed by atoms with Gasteiger partial charge in [-0.15, -0.1) is 0 Å². The molecule has 0 bridgehead atoms. The van der Waals surface area contributed by atoms with Crippen LogP contribution in [0, 0.1) is 11.3 Å². The zero-order valence-electron chi connectivity index (χ0n) is 14.6. The van der Waals surface area contributed by atoms with Crippen LogP contribution in [0.5, 0.6) is 0 Å². The second-order valence-electron chi connectivity index (χ2n) is 6.13. The summed E-state index contributed by atoms with van der Waals surface area (Å²) in [4.78, 5) is 4.09. The molecule has 1 unspecified atom stereocenters. The van der Waals surface area contributed by atoms with Crippen molar-refractivity contribution < 1.29 is 9.63 Å². The van der Waals surface area contributed by atoms with Crippen molar-refractivity contribution in [2.24, 2.45) is 0 Å². The highest BCUT2D eigenvalue weighted by Crippen LogP contribution is 2.41. The molecule has 2 heterocycles. The predicted octanol–water partition coefficient (Wildman–Crippen LogP) is 5.01. The van der Waals surface area contributed by atoms with Crippen molar-refractivity contribution in [1.82, 2.24) is 10.1 Å². The molecule has 0 radical (unpaired) electrons. The fourth-order valence-corrected chi connectivity index (χ4v) is 3.23. The maximum atomic E-state index is 11.1. The van der Waals surface area contributed by atoms with Crippen molar-refractivity contribution in [3.8, 4) is 28.7 Å².